The summed E-state index contributed by atoms with van der Waals surface area (Å²) in [5, 5.41) is 0. The van der Waals surface area contributed by atoms with Crippen LogP contribution in [-0.2, 0) is 0 Å². The number of rotatable bonds is 17. The Kier molecular flexibility index (Phi) is 10.9. The summed E-state index contributed by atoms with van der Waals surface area (Å²) in [6.07, 6.45) is 7.08. The second kappa shape index (κ2) is 14.7. The van der Waals surface area contributed by atoms with Crippen molar-refractivity contribution in [3.8, 4) is 34.5 Å². The van der Waals surface area contributed by atoms with Crippen LogP contribution in [0, 0.1) is 0 Å². The lowest BCUT2D eigenvalue weighted by Gasteiger charge is -2.27. The van der Waals surface area contributed by atoms with E-state index in [1.165, 1.54) is 38.9 Å². The Morgan fingerprint density at radius 2 is 0.860 bits per heavy atom. The van der Waals surface area contributed by atoms with E-state index in [9.17, 15) is 9.59 Å². The van der Waals surface area contributed by atoms with Crippen molar-refractivity contribution < 1.29 is 38.0 Å². The minimum atomic E-state index is -0.780. The quantitative estimate of drug-likeness (QED) is 0.0893. The van der Waals surface area contributed by atoms with Crippen LogP contribution in [0.5, 0.6) is 34.5 Å². The highest BCUT2D eigenvalue weighted by Gasteiger charge is 2.34. The molecule has 43 heavy (non-hydrogen) atoms. The van der Waals surface area contributed by atoms with Crippen molar-refractivity contribution in [3.63, 3.8) is 0 Å². The fourth-order valence-corrected chi connectivity index (χ4v) is 4.60. The van der Waals surface area contributed by atoms with Crippen molar-refractivity contribution >= 4 is 11.6 Å². The highest BCUT2D eigenvalue weighted by molar-refractivity contribution is 6.00. The first-order chi connectivity index (χ1) is 20.8. The fraction of sp³-hybridized carbons (Fsp3) is 0.0857. The van der Waals surface area contributed by atoms with E-state index in [1.54, 1.807) is 12.1 Å². The maximum Gasteiger partial charge on any atom is 0.212 e. The van der Waals surface area contributed by atoms with E-state index in [0.29, 0.717) is 11.1 Å². The van der Waals surface area contributed by atoms with Crippen LogP contribution in [0.25, 0.3) is 0 Å². The molecule has 0 aliphatic heterocycles. The summed E-state index contributed by atoms with van der Waals surface area (Å²) in [7, 11) is 0. The van der Waals surface area contributed by atoms with Crippen molar-refractivity contribution in [2.75, 3.05) is 0 Å². The lowest BCUT2D eigenvalue weighted by Crippen LogP contribution is -2.13. The van der Waals surface area contributed by atoms with Gasteiger partial charge in [0.15, 0.2) is 34.6 Å². The van der Waals surface area contributed by atoms with E-state index in [2.05, 4.69) is 39.5 Å². The molecule has 0 fully saturated rings. The Bertz CT molecular complexity index is 1480. The van der Waals surface area contributed by atoms with Crippen LogP contribution >= 0.6 is 0 Å². The average Bonchev–Trinajstić information content (AvgIpc) is 2.98. The molecule has 0 amide bonds. The second-order valence-corrected chi connectivity index (χ2v) is 8.66. The largest absolute Gasteiger partial charge is 0.461 e. The minimum absolute atomic E-state index is 0.0468. The normalized spacial score (nSPS) is 10.1. The van der Waals surface area contributed by atoms with Crippen LogP contribution in [0.4, 0.5) is 0 Å². The first-order valence-electron chi connectivity index (χ1n) is 12.9. The van der Waals surface area contributed by atoms with Crippen LogP contribution in [-0.4, -0.2) is 11.6 Å². The molecule has 220 valence electrons. The Balaban J connectivity index is 2.67. The van der Waals surface area contributed by atoms with Crippen LogP contribution in [0.2, 0.25) is 0 Å². The van der Waals surface area contributed by atoms with Gasteiger partial charge in [-0.2, -0.15) is 0 Å². The summed E-state index contributed by atoms with van der Waals surface area (Å²) in [6, 6.07) is 12.5. The lowest BCUT2D eigenvalue weighted by molar-refractivity contribution is 0.100. The van der Waals surface area contributed by atoms with Gasteiger partial charge in [-0.1, -0.05) is 69.8 Å². The molecule has 0 aromatic heterocycles. The van der Waals surface area contributed by atoms with Gasteiger partial charge in [-0.15, -0.1) is 0 Å². The molecule has 0 N–H and O–H groups in total. The zero-order chi connectivity index (χ0) is 31.5. The highest BCUT2D eigenvalue weighted by atomic mass is 16.5. The molecule has 0 bridgehead atoms. The van der Waals surface area contributed by atoms with Crippen molar-refractivity contribution in [3.05, 3.63) is 147 Å². The number of carbonyl (C=O) groups is 2. The summed E-state index contributed by atoms with van der Waals surface area (Å²) in [4.78, 5) is 26.0. The minimum Gasteiger partial charge on any atom is -0.461 e. The molecule has 3 aromatic carbocycles. The summed E-state index contributed by atoms with van der Waals surface area (Å²) in [6.45, 7) is 24.8. The summed E-state index contributed by atoms with van der Waals surface area (Å²) in [5.41, 5.74) is 1.90. The predicted molar refractivity (Wildman–Crippen MR) is 165 cm³/mol. The monoisotopic (exact) mass is 580 g/mol. The number of hydrogen-bond acceptors (Lipinski definition) is 8. The van der Waals surface area contributed by atoms with Crippen LogP contribution in [0.3, 0.4) is 0 Å². The molecule has 3 aromatic rings. The van der Waals surface area contributed by atoms with Crippen molar-refractivity contribution in [1.29, 1.82) is 0 Å². The van der Waals surface area contributed by atoms with Crippen molar-refractivity contribution in [1.82, 2.24) is 0 Å². The molecule has 0 heterocycles. The third kappa shape index (κ3) is 6.60. The maximum atomic E-state index is 13.0. The average molecular weight is 581 g/mol. The van der Waals surface area contributed by atoms with Crippen molar-refractivity contribution in [2.24, 2.45) is 0 Å². The number of ether oxygens (including phenoxy) is 6. The van der Waals surface area contributed by atoms with Gasteiger partial charge in [-0.05, 0) is 31.5 Å². The molecular weight excluding hydrogens is 548 g/mol. The molecule has 0 unspecified atom stereocenters. The third-order valence-electron chi connectivity index (χ3n) is 6.16. The molecule has 0 radical (unpaired) electrons. The second-order valence-electron chi connectivity index (χ2n) is 8.66. The first-order valence-corrected chi connectivity index (χ1v) is 12.9. The Morgan fingerprint density at radius 3 is 1.19 bits per heavy atom. The Hall–Kier alpha value is -5.76. The molecule has 3 rings (SSSR count). The first kappa shape index (κ1) is 31.8. The van der Waals surface area contributed by atoms with Gasteiger partial charge in [0.05, 0.1) is 48.7 Å². The van der Waals surface area contributed by atoms with Gasteiger partial charge in [-0.25, -0.2) is 0 Å². The molecule has 0 atom stereocenters. The maximum absolute atomic E-state index is 13.0. The molecule has 8 heteroatoms. The predicted octanol–water partition coefficient (Wildman–Crippen LogP) is 8.41. The van der Waals surface area contributed by atoms with Crippen molar-refractivity contribution in [2.45, 2.75) is 19.8 Å². The van der Waals surface area contributed by atoms with Gasteiger partial charge in [0.25, 0.3) is 0 Å². The molecule has 0 saturated heterocycles. The highest BCUT2D eigenvalue weighted by Crippen LogP contribution is 2.53. The smallest absolute Gasteiger partial charge is 0.212 e. The molecule has 0 aliphatic rings. The van der Waals surface area contributed by atoms with Gasteiger partial charge in [0.2, 0.25) is 11.5 Å². The van der Waals surface area contributed by atoms with Crippen LogP contribution < -0.4 is 28.4 Å². The Morgan fingerprint density at radius 1 is 0.535 bits per heavy atom. The molecular formula is C35H32O8. The lowest BCUT2D eigenvalue weighted by atomic mass is 9.81. The van der Waals surface area contributed by atoms with Crippen LogP contribution in [0.1, 0.15) is 57.2 Å². The number of carbonyl (C=O) groups excluding carboxylic acids is 2. The third-order valence-corrected chi connectivity index (χ3v) is 6.16. The molecule has 0 saturated carbocycles. The standard InChI is InChI=1S/C35H32O8/c1-9-38-30-25(22(7)36)20-27(32(40-11-3)34(30)42-13-5)29(24-18-16-15-17-19-24)28-21-26(23(8)37)31(39-10-2)35(43-14-6)33(28)41-12-4/h9-21,29H,1-6H2,7-8H3. The summed E-state index contributed by atoms with van der Waals surface area (Å²) >= 11 is 0. The van der Waals surface area contributed by atoms with Gasteiger partial charge in [0.1, 0.15) is 0 Å². The van der Waals surface area contributed by atoms with Gasteiger partial charge < -0.3 is 28.4 Å². The summed E-state index contributed by atoms with van der Waals surface area (Å²) in [5.74, 6) is -0.926. The zero-order valence-corrected chi connectivity index (χ0v) is 24.1. The van der Waals surface area contributed by atoms with Gasteiger partial charge in [-0.3, -0.25) is 9.59 Å². The molecule has 8 nitrogen and oxygen atoms in total. The number of Topliss-reactive ketones (excluding diaryl/α,β-unsaturated/α-hetero) is 2. The van der Waals surface area contributed by atoms with Gasteiger partial charge >= 0.3 is 0 Å². The number of hydrogen-bond donors (Lipinski definition) is 0. The Labute approximate surface area is 251 Å². The van der Waals surface area contributed by atoms with E-state index in [0.717, 1.165) is 18.1 Å². The molecule has 0 spiro atoms. The fourth-order valence-electron chi connectivity index (χ4n) is 4.60. The van der Waals surface area contributed by atoms with E-state index in [4.69, 9.17) is 28.4 Å². The summed E-state index contributed by atoms with van der Waals surface area (Å²) < 4.78 is 34.7. The number of ketones is 2. The SMILES string of the molecule is C=COc1c(C(C)=O)cc(C(c2ccccc2)c2cc(C(C)=O)c(OC=C)c(OC=C)c2OC=C)c(OC=C)c1OC=C. The number of benzene rings is 3. The topological polar surface area (TPSA) is 89.5 Å². The molecule has 0 aliphatic carbocycles. The van der Waals surface area contributed by atoms with E-state index < -0.39 is 5.92 Å². The van der Waals surface area contributed by atoms with E-state index in [-0.39, 0.29) is 57.2 Å². The van der Waals surface area contributed by atoms with Gasteiger partial charge in [0, 0.05) is 17.0 Å². The van der Waals surface area contributed by atoms with E-state index in [1.807, 2.05) is 30.3 Å². The van der Waals surface area contributed by atoms with E-state index >= 15 is 0 Å². The zero-order valence-electron chi connectivity index (χ0n) is 24.1. The van der Waals surface area contributed by atoms with Crippen LogP contribution in [0.15, 0.2) is 120 Å².